The molecule has 0 aromatic heterocycles. The van der Waals surface area contributed by atoms with Gasteiger partial charge in [-0.2, -0.15) is 0 Å². The smallest absolute Gasteiger partial charge is 0.133 e. The highest BCUT2D eigenvalue weighted by atomic mass is 127. The number of hydrogen-bond acceptors (Lipinski definition) is 2. The third-order valence-electron chi connectivity index (χ3n) is 5.24. The fraction of sp³-hybridized carbons (Fsp3) is 0.500. The first kappa shape index (κ1) is 22.2. The molecule has 4 aliphatic heterocycles. The lowest BCUT2D eigenvalue weighted by Crippen LogP contribution is -2.03. The van der Waals surface area contributed by atoms with Gasteiger partial charge in [-0.05, 0) is 107 Å². The monoisotopic (exact) mass is 604 g/mol. The van der Waals surface area contributed by atoms with E-state index in [1.807, 2.05) is 0 Å². The molecular weight excluding hydrogens is 574 g/mol. The molecule has 0 aliphatic carbocycles. The van der Waals surface area contributed by atoms with Crippen molar-refractivity contribution >= 4 is 45.2 Å². The first-order chi connectivity index (χ1) is 13.7. The molecule has 28 heavy (non-hydrogen) atoms. The zero-order valence-electron chi connectivity index (χ0n) is 16.5. The summed E-state index contributed by atoms with van der Waals surface area (Å²) in [7, 11) is 0. The Balaban J connectivity index is 1.57. The summed E-state index contributed by atoms with van der Waals surface area (Å²) in [6, 6.07) is 13.5. The Hall–Kier alpha value is -0.500. The van der Waals surface area contributed by atoms with Crippen LogP contribution in [-0.4, -0.2) is 13.2 Å². The normalized spacial score (nSPS) is 17.2. The van der Waals surface area contributed by atoms with Crippen molar-refractivity contribution in [1.82, 2.24) is 0 Å². The van der Waals surface area contributed by atoms with Gasteiger partial charge < -0.3 is 9.47 Å². The second-order valence-corrected chi connectivity index (χ2v) is 9.88. The fourth-order valence-electron chi connectivity index (χ4n) is 3.54. The summed E-state index contributed by atoms with van der Waals surface area (Å²) in [5.41, 5.74) is 2.95. The molecule has 2 aromatic carbocycles. The number of rotatable bonds is 0. The van der Waals surface area contributed by atoms with Crippen LogP contribution in [0.5, 0.6) is 11.5 Å². The Labute approximate surface area is 197 Å². The molecule has 0 unspecified atom stereocenters. The maximum atomic E-state index is 6.03. The second kappa shape index (κ2) is 12.3. The van der Waals surface area contributed by atoms with Crippen LogP contribution >= 0.6 is 45.2 Å². The van der Waals surface area contributed by atoms with Gasteiger partial charge in [0.2, 0.25) is 0 Å². The Morgan fingerprint density at radius 1 is 0.536 bits per heavy atom. The van der Waals surface area contributed by atoms with E-state index in [1.165, 1.54) is 62.5 Å². The zero-order chi connectivity index (χ0) is 19.6. The van der Waals surface area contributed by atoms with Gasteiger partial charge in [-0.15, -0.1) is 0 Å². The standard InChI is InChI=1S/C24H30I2O2/c25-21-18-24-22(26)17-23(21)27-15-7-3-1-5-9-19-11-13-20(14-12-19)10-6-2-4-8-16-28-24/h11-14,17-18H,1-10,15-16H2. The van der Waals surface area contributed by atoms with Gasteiger partial charge in [0.25, 0.3) is 0 Å². The molecule has 4 heteroatoms. The molecule has 2 nitrogen and oxygen atoms in total. The minimum atomic E-state index is 0.793. The summed E-state index contributed by atoms with van der Waals surface area (Å²) < 4.78 is 14.3. The minimum absolute atomic E-state index is 0.793. The summed E-state index contributed by atoms with van der Waals surface area (Å²) >= 11 is 4.71. The van der Waals surface area contributed by atoms with Crippen LogP contribution in [0.15, 0.2) is 36.4 Å². The third kappa shape index (κ3) is 7.39. The molecule has 0 spiro atoms. The fourth-order valence-corrected chi connectivity index (χ4v) is 4.73. The predicted octanol–water partition coefficient (Wildman–Crippen LogP) is 7.57. The maximum Gasteiger partial charge on any atom is 0.133 e. The molecule has 0 N–H and O–H groups in total. The highest BCUT2D eigenvalue weighted by molar-refractivity contribution is 14.1. The number of halogens is 2. The number of aryl methyl sites for hydroxylation is 2. The van der Waals surface area contributed by atoms with E-state index in [1.54, 1.807) is 0 Å². The van der Waals surface area contributed by atoms with Gasteiger partial charge in [0.1, 0.15) is 11.5 Å². The van der Waals surface area contributed by atoms with Crippen molar-refractivity contribution in [2.24, 2.45) is 0 Å². The molecule has 0 amide bonds. The molecule has 2 aromatic rings. The molecule has 0 saturated carbocycles. The lowest BCUT2D eigenvalue weighted by atomic mass is 10.0. The zero-order valence-corrected chi connectivity index (χ0v) is 20.8. The molecule has 4 aliphatic rings. The van der Waals surface area contributed by atoms with Crippen LogP contribution in [-0.2, 0) is 12.8 Å². The van der Waals surface area contributed by atoms with E-state index in [4.69, 9.17) is 9.47 Å². The van der Waals surface area contributed by atoms with Crippen LogP contribution in [0.25, 0.3) is 0 Å². The average molecular weight is 604 g/mol. The lowest BCUT2D eigenvalue weighted by Gasteiger charge is -2.13. The Morgan fingerprint density at radius 2 is 0.929 bits per heavy atom. The summed E-state index contributed by atoms with van der Waals surface area (Å²) in [6.07, 6.45) is 12.1. The first-order valence-corrected chi connectivity index (χ1v) is 12.7. The van der Waals surface area contributed by atoms with Gasteiger partial charge >= 0.3 is 0 Å². The molecule has 6 rings (SSSR count). The molecular formula is C24H30I2O2. The van der Waals surface area contributed by atoms with Crippen molar-refractivity contribution < 1.29 is 9.47 Å². The van der Waals surface area contributed by atoms with E-state index in [0.717, 1.165) is 44.7 Å². The van der Waals surface area contributed by atoms with E-state index < -0.39 is 0 Å². The Kier molecular flexibility index (Phi) is 9.71. The van der Waals surface area contributed by atoms with Gasteiger partial charge in [-0.1, -0.05) is 49.9 Å². The highest BCUT2D eigenvalue weighted by Crippen LogP contribution is 2.31. The lowest BCUT2D eigenvalue weighted by molar-refractivity contribution is 0.293. The largest absolute Gasteiger partial charge is 0.492 e. The van der Waals surface area contributed by atoms with Crippen molar-refractivity contribution in [1.29, 1.82) is 0 Å². The predicted molar refractivity (Wildman–Crippen MR) is 134 cm³/mol. The van der Waals surface area contributed by atoms with Gasteiger partial charge in [0.05, 0.1) is 20.4 Å². The van der Waals surface area contributed by atoms with E-state index in [2.05, 4.69) is 81.6 Å². The Bertz CT molecular complexity index is 665. The molecule has 0 fully saturated rings. The summed E-state index contributed by atoms with van der Waals surface area (Å²) in [5, 5.41) is 0. The maximum absolute atomic E-state index is 6.03. The molecule has 152 valence electrons. The molecule has 0 atom stereocenters. The van der Waals surface area contributed by atoms with Gasteiger partial charge in [0, 0.05) is 0 Å². The van der Waals surface area contributed by atoms with Crippen LogP contribution < -0.4 is 9.47 Å². The highest BCUT2D eigenvalue weighted by Gasteiger charge is 2.09. The second-order valence-electron chi connectivity index (χ2n) is 7.55. The number of hydrogen-bond donors (Lipinski definition) is 0. The van der Waals surface area contributed by atoms with Crippen LogP contribution in [0, 0.1) is 7.14 Å². The van der Waals surface area contributed by atoms with E-state index in [9.17, 15) is 0 Å². The summed E-state index contributed by atoms with van der Waals surface area (Å²) in [5.74, 6) is 1.97. The quantitative estimate of drug-likeness (QED) is 0.289. The number of ether oxygens (including phenoxy) is 2. The van der Waals surface area contributed by atoms with Crippen molar-refractivity contribution in [3.05, 3.63) is 54.7 Å². The number of benzene rings is 2. The van der Waals surface area contributed by atoms with Gasteiger partial charge in [-0.3, -0.25) is 0 Å². The van der Waals surface area contributed by atoms with E-state index in [-0.39, 0.29) is 0 Å². The summed E-state index contributed by atoms with van der Waals surface area (Å²) in [4.78, 5) is 0. The average Bonchev–Trinajstić information content (AvgIpc) is 2.70. The van der Waals surface area contributed by atoms with Crippen LogP contribution in [0.4, 0.5) is 0 Å². The van der Waals surface area contributed by atoms with E-state index in [0.29, 0.717) is 0 Å². The molecule has 4 heterocycles. The van der Waals surface area contributed by atoms with Crippen LogP contribution in [0.3, 0.4) is 0 Å². The topological polar surface area (TPSA) is 18.5 Å². The van der Waals surface area contributed by atoms with Crippen molar-refractivity contribution in [3.8, 4) is 11.5 Å². The van der Waals surface area contributed by atoms with Crippen LogP contribution in [0.2, 0.25) is 0 Å². The minimum Gasteiger partial charge on any atom is -0.492 e. The van der Waals surface area contributed by atoms with E-state index >= 15 is 0 Å². The van der Waals surface area contributed by atoms with Gasteiger partial charge in [-0.25, -0.2) is 0 Å². The van der Waals surface area contributed by atoms with Gasteiger partial charge in [0.15, 0.2) is 0 Å². The molecule has 4 bridgehead atoms. The molecule has 0 saturated heterocycles. The van der Waals surface area contributed by atoms with Crippen molar-refractivity contribution in [2.45, 2.75) is 64.2 Å². The van der Waals surface area contributed by atoms with Crippen LogP contribution in [0.1, 0.15) is 62.5 Å². The SMILES string of the molecule is Ic1cc2c(I)cc1OCCCCCCc1ccc(cc1)CCCCCCO2. The Morgan fingerprint density at radius 3 is 1.36 bits per heavy atom. The van der Waals surface area contributed by atoms with Crippen molar-refractivity contribution in [2.75, 3.05) is 13.2 Å². The summed E-state index contributed by atoms with van der Waals surface area (Å²) in [6.45, 7) is 1.59. The first-order valence-electron chi connectivity index (χ1n) is 10.5. The third-order valence-corrected chi connectivity index (χ3v) is 6.93. The van der Waals surface area contributed by atoms with Crippen molar-refractivity contribution in [3.63, 3.8) is 0 Å². The molecule has 0 radical (unpaired) electrons.